The molecule has 1 heterocycles. The maximum absolute atomic E-state index is 12.6. The number of nitrogens with one attached hydrogen (secondary N) is 1. The summed E-state index contributed by atoms with van der Waals surface area (Å²) in [6, 6.07) is 7.26. The average molecular weight is 365 g/mol. The third kappa shape index (κ3) is 4.82. The smallest absolute Gasteiger partial charge is 0.243 e. The van der Waals surface area contributed by atoms with Crippen LogP contribution in [0.5, 0.6) is 0 Å². The lowest BCUT2D eigenvalue weighted by molar-refractivity contribution is -0.121. The van der Waals surface area contributed by atoms with Crippen LogP contribution in [0, 0.1) is 5.92 Å². The molecule has 0 spiro atoms. The highest BCUT2D eigenvalue weighted by atomic mass is 32.2. The summed E-state index contributed by atoms with van der Waals surface area (Å²) in [6.07, 6.45) is 6.48. The molecule has 1 aliphatic heterocycles. The Kier molecular flexibility index (Phi) is 5.79. The third-order valence-electron chi connectivity index (χ3n) is 5.23. The Balaban J connectivity index is 1.53. The van der Waals surface area contributed by atoms with Gasteiger partial charge < -0.3 is 5.32 Å². The first-order valence-electron chi connectivity index (χ1n) is 9.35. The van der Waals surface area contributed by atoms with Gasteiger partial charge in [0.25, 0.3) is 0 Å². The number of aryl methyl sites for hydroxylation is 1. The van der Waals surface area contributed by atoms with Crippen LogP contribution in [0.4, 0.5) is 0 Å². The molecule has 5 nitrogen and oxygen atoms in total. The van der Waals surface area contributed by atoms with Crippen molar-refractivity contribution >= 4 is 15.9 Å². The van der Waals surface area contributed by atoms with Crippen molar-refractivity contribution in [1.82, 2.24) is 9.62 Å². The minimum absolute atomic E-state index is 0.0735. The molecule has 1 aromatic rings. The molecular weight excluding hydrogens is 336 g/mol. The number of hydrogen-bond acceptors (Lipinski definition) is 3. The molecule has 1 amide bonds. The molecule has 138 valence electrons. The molecule has 2 aliphatic rings. The van der Waals surface area contributed by atoms with Crippen molar-refractivity contribution in [3.8, 4) is 0 Å². The molecule has 1 saturated carbocycles. The molecule has 0 radical (unpaired) electrons. The first-order chi connectivity index (χ1) is 12.0. The zero-order chi connectivity index (χ0) is 17.9. The van der Waals surface area contributed by atoms with Crippen LogP contribution in [0.15, 0.2) is 29.2 Å². The Morgan fingerprint density at radius 1 is 1.16 bits per heavy atom. The van der Waals surface area contributed by atoms with E-state index in [-0.39, 0.29) is 11.9 Å². The number of benzene rings is 1. The predicted octanol–water partition coefficient (Wildman–Crippen LogP) is 2.71. The SMILES string of the molecule is CC(NC(=O)CCc1ccc(S(=O)(=O)N2CCCCC2)cc1)C1CC1. The van der Waals surface area contributed by atoms with Gasteiger partial charge in [-0.3, -0.25) is 4.79 Å². The topological polar surface area (TPSA) is 66.5 Å². The molecule has 2 fully saturated rings. The van der Waals surface area contributed by atoms with E-state index in [2.05, 4.69) is 12.2 Å². The maximum Gasteiger partial charge on any atom is 0.243 e. The molecule has 1 saturated heterocycles. The number of amides is 1. The van der Waals surface area contributed by atoms with Crippen LogP contribution in [0.3, 0.4) is 0 Å². The highest BCUT2D eigenvalue weighted by Crippen LogP contribution is 2.32. The lowest BCUT2D eigenvalue weighted by atomic mass is 10.1. The Bertz CT molecular complexity index is 690. The van der Waals surface area contributed by atoms with Gasteiger partial charge in [0.1, 0.15) is 0 Å². The van der Waals surface area contributed by atoms with E-state index in [4.69, 9.17) is 0 Å². The second-order valence-electron chi connectivity index (χ2n) is 7.30. The summed E-state index contributed by atoms with van der Waals surface area (Å²) in [6.45, 7) is 3.29. The number of carbonyl (C=O) groups is 1. The lowest BCUT2D eigenvalue weighted by Crippen LogP contribution is -2.35. The van der Waals surface area contributed by atoms with Gasteiger partial charge in [0.2, 0.25) is 15.9 Å². The van der Waals surface area contributed by atoms with Crippen LogP contribution < -0.4 is 5.32 Å². The Hall–Kier alpha value is -1.40. The average Bonchev–Trinajstić information content (AvgIpc) is 3.46. The predicted molar refractivity (Wildman–Crippen MR) is 97.7 cm³/mol. The summed E-state index contributed by atoms with van der Waals surface area (Å²) in [7, 11) is -3.37. The van der Waals surface area contributed by atoms with Crippen molar-refractivity contribution in [3.05, 3.63) is 29.8 Å². The third-order valence-corrected chi connectivity index (χ3v) is 7.15. The maximum atomic E-state index is 12.6. The van der Waals surface area contributed by atoms with Crippen LogP contribution in [0.2, 0.25) is 0 Å². The van der Waals surface area contributed by atoms with E-state index in [1.165, 1.54) is 12.8 Å². The van der Waals surface area contributed by atoms with E-state index in [1.54, 1.807) is 16.4 Å². The van der Waals surface area contributed by atoms with Crippen molar-refractivity contribution in [2.45, 2.75) is 62.8 Å². The fraction of sp³-hybridized carbons (Fsp3) is 0.632. The molecule has 1 aromatic carbocycles. The van der Waals surface area contributed by atoms with Crippen molar-refractivity contribution in [1.29, 1.82) is 0 Å². The highest BCUT2D eigenvalue weighted by Gasteiger charge is 2.29. The number of sulfonamides is 1. The van der Waals surface area contributed by atoms with Crippen LogP contribution >= 0.6 is 0 Å². The van der Waals surface area contributed by atoms with Gasteiger partial charge in [-0.05, 0) is 62.6 Å². The summed E-state index contributed by atoms with van der Waals surface area (Å²) in [4.78, 5) is 12.3. The van der Waals surface area contributed by atoms with E-state index in [1.807, 2.05) is 12.1 Å². The van der Waals surface area contributed by atoms with E-state index >= 15 is 0 Å². The summed E-state index contributed by atoms with van der Waals surface area (Å²) < 4.78 is 26.8. The van der Waals surface area contributed by atoms with Crippen LogP contribution in [0.1, 0.15) is 51.0 Å². The first kappa shape index (κ1) is 18.4. The lowest BCUT2D eigenvalue weighted by Gasteiger charge is -2.25. The van der Waals surface area contributed by atoms with Crippen molar-refractivity contribution in [2.24, 2.45) is 5.92 Å². The molecule has 1 unspecified atom stereocenters. The summed E-state index contributed by atoms with van der Waals surface area (Å²) >= 11 is 0. The summed E-state index contributed by atoms with van der Waals surface area (Å²) in [5.74, 6) is 0.729. The summed E-state index contributed by atoms with van der Waals surface area (Å²) in [5, 5.41) is 3.05. The number of hydrogen-bond donors (Lipinski definition) is 1. The number of carbonyl (C=O) groups excluding carboxylic acids is 1. The number of piperidine rings is 1. The zero-order valence-corrected chi connectivity index (χ0v) is 15.7. The van der Waals surface area contributed by atoms with Crippen molar-refractivity contribution in [2.75, 3.05) is 13.1 Å². The molecule has 3 rings (SSSR count). The Labute approximate surface area is 150 Å². The molecule has 6 heteroatoms. The molecule has 1 atom stereocenters. The van der Waals surface area contributed by atoms with Gasteiger partial charge in [-0.25, -0.2) is 8.42 Å². The standard InChI is InChI=1S/C19H28N2O3S/c1-15(17-8-9-17)20-19(22)12-7-16-5-10-18(11-6-16)25(23,24)21-13-3-2-4-14-21/h5-6,10-11,15,17H,2-4,7-9,12-14H2,1H3,(H,20,22). The normalized spacial score (nSPS) is 20.2. The largest absolute Gasteiger partial charge is 0.353 e. The van der Waals surface area contributed by atoms with E-state index < -0.39 is 10.0 Å². The minimum atomic E-state index is -3.37. The second kappa shape index (κ2) is 7.87. The first-order valence-corrected chi connectivity index (χ1v) is 10.8. The molecule has 1 aliphatic carbocycles. The van der Waals surface area contributed by atoms with Crippen molar-refractivity contribution < 1.29 is 13.2 Å². The Morgan fingerprint density at radius 2 is 1.80 bits per heavy atom. The van der Waals surface area contributed by atoms with Gasteiger partial charge >= 0.3 is 0 Å². The zero-order valence-electron chi connectivity index (χ0n) is 14.9. The molecule has 0 bridgehead atoms. The number of nitrogens with zero attached hydrogens (tertiary/aromatic N) is 1. The molecule has 0 aromatic heterocycles. The van der Waals surface area contributed by atoms with Gasteiger partial charge in [0.05, 0.1) is 4.90 Å². The van der Waals surface area contributed by atoms with Gasteiger partial charge in [-0.15, -0.1) is 0 Å². The van der Waals surface area contributed by atoms with Gasteiger partial charge in [-0.2, -0.15) is 4.31 Å². The van der Waals surface area contributed by atoms with Crippen LogP contribution in [-0.2, 0) is 21.2 Å². The second-order valence-corrected chi connectivity index (χ2v) is 9.24. The molecule has 25 heavy (non-hydrogen) atoms. The number of rotatable bonds is 7. The van der Waals surface area contributed by atoms with E-state index in [0.29, 0.717) is 36.7 Å². The summed E-state index contributed by atoms with van der Waals surface area (Å²) in [5.41, 5.74) is 0.992. The quantitative estimate of drug-likeness (QED) is 0.809. The van der Waals surface area contributed by atoms with E-state index in [9.17, 15) is 13.2 Å². The molecule has 1 N–H and O–H groups in total. The fourth-order valence-corrected chi connectivity index (χ4v) is 4.90. The minimum Gasteiger partial charge on any atom is -0.353 e. The Morgan fingerprint density at radius 3 is 2.40 bits per heavy atom. The van der Waals surface area contributed by atoms with Crippen molar-refractivity contribution in [3.63, 3.8) is 0 Å². The van der Waals surface area contributed by atoms with Crippen LogP contribution in [-0.4, -0.2) is 37.8 Å². The molecular formula is C19H28N2O3S. The van der Waals surface area contributed by atoms with Crippen LogP contribution in [0.25, 0.3) is 0 Å². The van der Waals surface area contributed by atoms with Gasteiger partial charge in [0, 0.05) is 25.6 Å². The van der Waals surface area contributed by atoms with E-state index in [0.717, 1.165) is 24.8 Å². The fourth-order valence-electron chi connectivity index (χ4n) is 3.38. The monoisotopic (exact) mass is 364 g/mol. The highest BCUT2D eigenvalue weighted by molar-refractivity contribution is 7.89. The van der Waals surface area contributed by atoms with Gasteiger partial charge in [-0.1, -0.05) is 18.6 Å². The van der Waals surface area contributed by atoms with Gasteiger partial charge in [0.15, 0.2) is 0 Å².